The smallest absolute Gasteiger partial charge is 0.407 e. The molecule has 0 bridgehead atoms. The highest BCUT2D eigenvalue weighted by atomic mass is 19.1. The van der Waals surface area contributed by atoms with E-state index in [9.17, 15) is 9.18 Å². The molecular weight excluding hydrogens is 307 g/mol. The van der Waals surface area contributed by atoms with Crippen LogP contribution in [0.2, 0.25) is 0 Å². The van der Waals surface area contributed by atoms with E-state index in [-0.39, 0.29) is 12.4 Å². The summed E-state index contributed by atoms with van der Waals surface area (Å²) in [5.74, 6) is -0.297. The Morgan fingerprint density at radius 1 is 1.21 bits per heavy atom. The first-order valence-electron chi connectivity index (χ1n) is 7.78. The molecule has 0 aromatic heterocycles. The van der Waals surface area contributed by atoms with Gasteiger partial charge >= 0.3 is 6.09 Å². The Hall–Kier alpha value is -2.66. The standard InChI is InChI=1S/C19H21FN2O2/c20-18-10-9-17(13-21)16(12-18)8-4-5-11-22-19(23)24-14-15-6-2-1-3-7-15/h1-4,6-10,12H,5,11,13-14,21H2,(H,22,23). The predicted molar refractivity (Wildman–Crippen MR) is 92.6 cm³/mol. The Morgan fingerprint density at radius 2 is 2.00 bits per heavy atom. The summed E-state index contributed by atoms with van der Waals surface area (Å²) in [5.41, 5.74) is 8.19. The molecule has 2 aromatic rings. The molecule has 3 N–H and O–H groups in total. The highest BCUT2D eigenvalue weighted by Crippen LogP contribution is 2.13. The maximum Gasteiger partial charge on any atom is 0.407 e. The molecule has 0 fully saturated rings. The van der Waals surface area contributed by atoms with E-state index >= 15 is 0 Å². The quantitative estimate of drug-likeness (QED) is 0.763. The Balaban J connectivity index is 1.70. The minimum atomic E-state index is -0.458. The second-order valence-electron chi connectivity index (χ2n) is 5.23. The van der Waals surface area contributed by atoms with Gasteiger partial charge in [0, 0.05) is 13.1 Å². The second-order valence-corrected chi connectivity index (χ2v) is 5.23. The molecule has 0 unspecified atom stereocenters. The summed E-state index contributed by atoms with van der Waals surface area (Å²) in [6.45, 7) is 1.03. The summed E-state index contributed by atoms with van der Waals surface area (Å²) in [7, 11) is 0. The highest BCUT2D eigenvalue weighted by Gasteiger charge is 2.01. The summed E-state index contributed by atoms with van der Waals surface area (Å²) in [5, 5.41) is 2.67. The molecule has 5 heteroatoms. The van der Waals surface area contributed by atoms with Crippen molar-refractivity contribution in [1.29, 1.82) is 0 Å². The van der Waals surface area contributed by atoms with E-state index in [1.54, 1.807) is 6.07 Å². The van der Waals surface area contributed by atoms with E-state index in [2.05, 4.69) is 5.32 Å². The molecule has 24 heavy (non-hydrogen) atoms. The average molecular weight is 328 g/mol. The van der Waals surface area contributed by atoms with E-state index < -0.39 is 6.09 Å². The summed E-state index contributed by atoms with van der Waals surface area (Å²) >= 11 is 0. The van der Waals surface area contributed by atoms with E-state index in [0.717, 1.165) is 16.7 Å². The van der Waals surface area contributed by atoms with Gasteiger partial charge in [-0.05, 0) is 35.2 Å². The van der Waals surface area contributed by atoms with Crippen LogP contribution >= 0.6 is 0 Å². The van der Waals surface area contributed by atoms with Crippen LogP contribution in [-0.4, -0.2) is 12.6 Å². The summed E-state index contributed by atoms with van der Waals surface area (Å²) in [6, 6.07) is 14.0. The number of nitrogens with one attached hydrogen (secondary N) is 1. The highest BCUT2D eigenvalue weighted by molar-refractivity contribution is 5.67. The first kappa shape index (κ1) is 17.7. The molecular formula is C19H21FN2O2. The summed E-state index contributed by atoms with van der Waals surface area (Å²) in [4.78, 5) is 11.6. The van der Waals surface area contributed by atoms with Gasteiger partial charge in [-0.1, -0.05) is 48.6 Å². The predicted octanol–water partition coefficient (Wildman–Crippen LogP) is 3.61. The summed E-state index contributed by atoms with van der Waals surface area (Å²) < 4.78 is 18.3. The van der Waals surface area contributed by atoms with Crippen molar-refractivity contribution in [3.63, 3.8) is 0 Å². The van der Waals surface area contributed by atoms with Crippen molar-refractivity contribution in [1.82, 2.24) is 5.32 Å². The summed E-state index contributed by atoms with van der Waals surface area (Å²) in [6.07, 6.45) is 3.83. The monoisotopic (exact) mass is 328 g/mol. The number of nitrogens with two attached hydrogens (primary N) is 1. The lowest BCUT2D eigenvalue weighted by molar-refractivity contribution is 0.140. The minimum absolute atomic E-state index is 0.242. The lowest BCUT2D eigenvalue weighted by atomic mass is 10.1. The minimum Gasteiger partial charge on any atom is -0.445 e. The van der Waals surface area contributed by atoms with E-state index in [1.165, 1.54) is 12.1 Å². The van der Waals surface area contributed by atoms with Gasteiger partial charge in [0.15, 0.2) is 0 Å². The van der Waals surface area contributed by atoms with Crippen LogP contribution in [0.25, 0.3) is 6.08 Å². The van der Waals surface area contributed by atoms with E-state index in [0.29, 0.717) is 19.5 Å². The van der Waals surface area contributed by atoms with Gasteiger partial charge in [-0.15, -0.1) is 0 Å². The molecule has 0 saturated carbocycles. The van der Waals surface area contributed by atoms with Crippen molar-refractivity contribution in [3.05, 3.63) is 77.1 Å². The Bertz CT molecular complexity index is 687. The first-order chi connectivity index (χ1) is 11.7. The van der Waals surface area contributed by atoms with Crippen molar-refractivity contribution in [2.45, 2.75) is 19.6 Å². The second kappa shape index (κ2) is 9.47. The third-order valence-corrected chi connectivity index (χ3v) is 3.42. The molecule has 2 rings (SSSR count). The van der Waals surface area contributed by atoms with Crippen LogP contribution in [0.1, 0.15) is 23.1 Å². The first-order valence-corrected chi connectivity index (χ1v) is 7.78. The van der Waals surface area contributed by atoms with Gasteiger partial charge in [-0.3, -0.25) is 0 Å². The Kier molecular flexibility index (Phi) is 6.98. The fraction of sp³-hybridized carbons (Fsp3) is 0.211. The fourth-order valence-corrected chi connectivity index (χ4v) is 2.15. The number of ether oxygens (including phenoxy) is 1. The number of hydrogen-bond acceptors (Lipinski definition) is 3. The third-order valence-electron chi connectivity index (χ3n) is 3.42. The van der Waals surface area contributed by atoms with Crippen LogP contribution in [0.5, 0.6) is 0 Å². The zero-order valence-electron chi connectivity index (χ0n) is 13.4. The number of rotatable bonds is 7. The number of halogens is 1. The van der Waals surface area contributed by atoms with Crippen LogP contribution in [0.3, 0.4) is 0 Å². The molecule has 4 nitrogen and oxygen atoms in total. The van der Waals surface area contributed by atoms with E-state index in [1.807, 2.05) is 42.5 Å². The van der Waals surface area contributed by atoms with Crippen LogP contribution < -0.4 is 11.1 Å². The van der Waals surface area contributed by atoms with Gasteiger partial charge in [-0.2, -0.15) is 0 Å². The van der Waals surface area contributed by atoms with Crippen LogP contribution in [0.15, 0.2) is 54.6 Å². The maximum absolute atomic E-state index is 13.2. The van der Waals surface area contributed by atoms with Gasteiger partial charge in [-0.25, -0.2) is 9.18 Å². The Morgan fingerprint density at radius 3 is 2.75 bits per heavy atom. The molecule has 1 amide bonds. The van der Waals surface area contributed by atoms with Crippen LogP contribution in [-0.2, 0) is 17.9 Å². The van der Waals surface area contributed by atoms with Gasteiger partial charge < -0.3 is 15.8 Å². The average Bonchev–Trinajstić information content (AvgIpc) is 2.61. The van der Waals surface area contributed by atoms with Crippen molar-refractivity contribution < 1.29 is 13.9 Å². The molecule has 0 heterocycles. The van der Waals surface area contributed by atoms with Gasteiger partial charge in [0.05, 0.1) is 0 Å². The molecule has 126 valence electrons. The lowest BCUT2D eigenvalue weighted by Crippen LogP contribution is -2.24. The molecule has 2 aromatic carbocycles. The van der Waals surface area contributed by atoms with Crippen LogP contribution in [0, 0.1) is 5.82 Å². The van der Waals surface area contributed by atoms with Gasteiger partial charge in [0.25, 0.3) is 0 Å². The van der Waals surface area contributed by atoms with E-state index in [4.69, 9.17) is 10.5 Å². The lowest BCUT2D eigenvalue weighted by Gasteiger charge is -2.06. The zero-order valence-corrected chi connectivity index (χ0v) is 13.4. The van der Waals surface area contributed by atoms with Crippen molar-refractivity contribution in [2.24, 2.45) is 5.73 Å². The number of carbonyl (C=O) groups excluding carboxylic acids is 1. The molecule has 0 saturated heterocycles. The molecule has 0 radical (unpaired) electrons. The normalized spacial score (nSPS) is 10.8. The maximum atomic E-state index is 13.2. The van der Waals surface area contributed by atoms with Gasteiger partial charge in [0.2, 0.25) is 0 Å². The molecule has 0 aliphatic rings. The fourth-order valence-electron chi connectivity index (χ4n) is 2.15. The van der Waals surface area contributed by atoms with Crippen molar-refractivity contribution >= 4 is 12.2 Å². The molecule has 0 atom stereocenters. The zero-order chi connectivity index (χ0) is 17.2. The molecule has 0 spiro atoms. The largest absolute Gasteiger partial charge is 0.445 e. The SMILES string of the molecule is NCc1ccc(F)cc1C=CCCNC(=O)OCc1ccccc1. The van der Waals surface area contributed by atoms with Crippen molar-refractivity contribution in [3.8, 4) is 0 Å². The third kappa shape index (κ3) is 5.85. The number of benzene rings is 2. The molecule has 0 aliphatic heterocycles. The number of alkyl carbamates (subject to hydrolysis) is 1. The number of carbonyl (C=O) groups is 1. The van der Waals surface area contributed by atoms with Crippen molar-refractivity contribution in [2.75, 3.05) is 6.54 Å². The number of hydrogen-bond donors (Lipinski definition) is 2. The number of amides is 1. The van der Waals surface area contributed by atoms with Gasteiger partial charge in [0.1, 0.15) is 12.4 Å². The topological polar surface area (TPSA) is 64.3 Å². The Labute approximate surface area is 141 Å². The van der Waals surface area contributed by atoms with Crippen LogP contribution in [0.4, 0.5) is 9.18 Å². The molecule has 0 aliphatic carbocycles.